The maximum Gasteiger partial charge on any atom is 0.323 e. The Balaban J connectivity index is 3.06. The molecule has 1 aromatic rings. The molecule has 0 aliphatic heterocycles. The second kappa shape index (κ2) is 4.69. The van der Waals surface area contributed by atoms with Gasteiger partial charge in [0.15, 0.2) is 0 Å². The summed E-state index contributed by atoms with van der Waals surface area (Å²) >= 11 is 2.91. The molecule has 6 heteroatoms. The number of aliphatic carboxylic acids is 1. The molecule has 82 valence electrons. The van der Waals surface area contributed by atoms with Crippen molar-refractivity contribution in [3.8, 4) is 0 Å². The van der Waals surface area contributed by atoms with Crippen molar-refractivity contribution >= 4 is 21.9 Å². The molecule has 0 aliphatic carbocycles. The summed E-state index contributed by atoms with van der Waals surface area (Å²) in [5.41, 5.74) is 5.33. The van der Waals surface area contributed by atoms with Crippen LogP contribution in [0.1, 0.15) is 11.7 Å². The Labute approximate surface area is 93.6 Å². The van der Waals surface area contributed by atoms with Crippen LogP contribution in [0.15, 0.2) is 22.7 Å². The molecule has 0 aromatic heterocycles. The number of aliphatic hydroxyl groups excluding tert-OH is 1. The summed E-state index contributed by atoms with van der Waals surface area (Å²) in [6, 6.07) is 2.48. The number of carboxylic acid groups (broad SMARTS) is 1. The van der Waals surface area contributed by atoms with Crippen LogP contribution in [0.2, 0.25) is 0 Å². The van der Waals surface area contributed by atoms with E-state index in [1.54, 1.807) is 0 Å². The van der Waals surface area contributed by atoms with E-state index in [0.717, 1.165) is 0 Å². The van der Waals surface area contributed by atoms with Gasteiger partial charge in [-0.1, -0.05) is 12.1 Å². The molecule has 0 heterocycles. The zero-order valence-corrected chi connectivity index (χ0v) is 9.11. The van der Waals surface area contributed by atoms with E-state index in [4.69, 9.17) is 10.8 Å². The first-order valence-corrected chi connectivity index (χ1v) is 4.84. The molecule has 0 fully saturated rings. The highest BCUT2D eigenvalue weighted by molar-refractivity contribution is 9.10. The smallest absolute Gasteiger partial charge is 0.323 e. The molecule has 0 amide bonds. The van der Waals surface area contributed by atoms with Crippen LogP contribution in [0.25, 0.3) is 0 Å². The molecule has 1 aromatic carbocycles. The van der Waals surface area contributed by atoms with E-state index in [0.29, 0.717) is 0 Å². The van der Waals surface area contributed by atoms with Crippen molar-refractivity contribution in [3.05, 3.63) is 34.1 Å². The van der Waals surface area contributed by atoms with Gasteiger partial charge in [-0.05, 0) is 27.6 Å². The lowest BCUT2D eigenvalue weighted by Crippen LogP contribution is -2.36. The number of rotatable bonds is 3. The van der Waals surface area contributed by atoms with Crippen LogP contribution in [-0.2, 0) is 4.79 Å². The van der Waals surface area contributed by atoms with Crippen molar-refractivity contribution in [3.63, 3.8) is 0 Å². The maximum absolute atomic E-state index is 13.1. The molecule has 0 spiro atoms. The second-order valence-corrected chi connectivity index (χ2v) is 3.74. The maximum atomic E-state index is 13.1. The van der Waals surface area contributed by atoms with Gasteiger partial charge in [0.1, 0.15) is 18.0 Å². The van der Waals surface area contributed by atoms with Crippen molar-refractivity contribution in [2.24, 2.45) is 5.73 Å². The average Bonchev–Trinajstić information content (AvgIpc) is 2.20. The molecule has 0 radical (unpaired) electrons. The molecule has 1 rings (SSSR count). The summed E-state index contributed by atoms with van der Waals surface area (Å²) in [5, 5.41) is 18.1. The SMILES string of the molecule is NC(C(=O)O)C(O)c1cccc(F)c1Br. The first-order valence-electron chi connectivity index (χ1n) is 4.05. The minimum Gasteiger partial charge on any atom is -0.480 e. The molecule has 0 saturated heterocycles. The predicted octanol–water partition coefficient (Wildman–Crippen LogP) is 1.03. The molecular weight excluding hydrogens is 269 g/mol. The molecule has 2 unspecified atom stereocenters. The van der Waals surface area contributed by atoms with E-state index in [9.17, 15) is 14.3 Å². The summed E-state index contributed by atoms with van der Waals surface area (Å²) in [5.74, 6) is -1.93. The number of aliphatic hydroxyl groups is 1. The highest BCUT2D eigenvalue weighted by Gasteiger charge is 2.25. The molecular formula is C9H9BrFNO3. The summed E-state index contributed by atoms with van der Waals surface area (Å²) in [7, 11) is 0. The fraction of sp³-hybridized carbons (Fsp3) is 0.222. The number of carbonyl (C=O) groups is 1. The topological polar surface area (TPSA) is 83.6 Å². The van der Waals surface area contributed by atoms with Gasteiger partial charge in [-0.3, -0.25) is 4.79 Å². The van der Waals surface area contributed by atoms with Gasteiger partial charge in [-0.25, -0.2) is 4.39 Å². The first kappa shape index (κ1) is 12.1. The third-order valence-corrected chi connectivity index (χ3v) is 2.76. The zero-order valence-electron chi connectivity index (χ0n) is 7.52. The summed E-state index contributed by atoms with van der Waals surface area (Å²) in [6.07, 6.45) is -1.45. The van der Waals surface area contributed by atoms with Gasteiger partial charge < -0.3 is 15.9 Å². The van der Waals surface area contributed by atoms with E-state index >= 15 is 0 Å². The Morgan fingerprint density at radius 1 is 1.53 bits per heavy atom. The number of benzene rings is 1. The molecule has 0 saturated carbocycles. The van der Waals surface area contributed by atoms with Crippen LogP contribution in [0.4, 0.5) is 4.39 Å². The van der Waals surface area contributed by atoms with Crippen LogP contribution in [-0.4, -0.2) is 22.2 Å². The van der Waals surface area contributed by atoms with Crippen molar-refractivity contribution in [1.82, 2.24) is 0 Å². The Hall–Kier alpha value is -0.980. The summed E-state index contributed by atoms with van der Waals surface area (Å²) in [6.45, 7) is 0. The van der Waals surface area contributed by atoms with E-state index in [1.165, 1.54) is 18.2 Å². The molecule has 15 heavy (non-hydrogen) atoms. The third kappa shape index (κ3) is 2.53. The summed E-state index contributed by atoms with van der Waals surface area (Å²) < 4.78 is 13.1. The minimum absolute atomic E-state index is 0.0224. The molecule has 2 atom stereocenters. The van der Waals surface area contributed by atoms with Crippen LogP contribution in [0, 0.1) is 5.82 Å². The van der Waals surface area contributed by atoms with Gasteiger partial charge in [0.2, 0.25) is 0 Å². The van der Waals surface area contributed by atoms with E-state index < -0.39 is 23.9 Å². The van der Waals surface area contributed by atoms with Gasteiger partial charge in [0.05, 0.1) is 4.47 Å². The van der Waals surface area contributed by atoms with E-state index in [2.05, 4.69) is 15.9 Å². The van der Waals surface area contributed by atoms with Gasteiger partial charge >= 0.3 is 5.97 Å². The number of hydrogen-bond acceptors (Lipinski definition) is 3. The lowest BCUT2D eigenvalue weighted by molar-refractivity contribution is -0.141. The fourth-order valence-corrected chi connectivity index (χ4v) is 1.58. The van der Waals surface area contributed by atoms with Crippen LogP contribution in [0.3, 0.4) is 0 Å². The lowest BCUT2D eigenvalue weighted by Gasteiger charge is -2.16. The van der Waals surface area contributed by atoms with Gasteiger partial charge in [0, 0.05) is 0 Å². The standard InChI is InChI=1S/C9H9BrFNO3/c10-6-4(2-1-3-5(6)11)8(13)7(12)9(14)15/h1-3,7-8,13H,12H2,(H,14,15). The van der Waals surface area contributed by atoms with Crippen LogP contribution in [0.5, 0.6) is 0 Å². The van der Waals surface area contributed by atoms with E-state index in [-0.39, 0.29) is 10.0 Å². The van der Waals surface area contributed by atoms with Gasteiger partial charge in [-0.2, -0.15) is 0 Å². The quantitative estimate of drug-likeness (QED) is 0.771. The fourth-order valence-electron chi connectivity index (χ4n) is 1.08. The van der Waals surface area contributed by atoms with Crippen molar-refractivity contribution in [2.75, 3.05) is 0 Å². The number of hydrogen-bond donors (Lipinski definition) is 3. The Kier molecular flexibility index (Phi) is 3.78. The third-order valence-electron chi connectivity index (χ3n) is 1.93. The monoisotopic (exact) mass is 277 g/mol. The Bertz CT molecular complexity index is 386. The molecule has 0 bridgehead atoms. The summed E-state index contributed by atoms with van der Waals surface area (Å²) in [4.78, 5) is 10.5. The zero-order chi connectivity index (χ0) is 11.6. The lowest BCUT2D eigenvalue weighted by atomic mass is 10.0. The van der Waals surface area contributed by atoms with Crippen LogP contribution < -0.4 is 5.73 Å². The normalized spacial score (nSPS) is 14.7. The van der Waals surface area contributed by atoms with Gasteiger partial charge in [-0.15, -0.1) is 0 Å². The molecule has 0 aliphatic rings. The van der Waals surface area contributed by atoms with Crippen molar-refractivity contribution in [2.45, 2.75) is 12.1 Å². The largest absolute Gasteiger partial charge is 0.480 e. The van der Waals surface area contributed by atoms with Crippen molar-refractivity contribution in [1.29, 1.82) is 0 Å². The van der Waals surface area contributed by atoms with Gasteiger partial charge in [0.25, 0.3) is 0 Å². The van der Waals surface area contributed by atoms with Crippen molar-refractivity contribution < 1.29 is 19.4 Å². The highest BCUT2D eigenvalue weighted by Crippen LogP contribution is 2.27. The molecule has 4 N–H and O–H groups in total. The number of halogens is 2. The minimum atomic E-state index is -1.48. The number of nitrogens with two attached hydrogens (primary N) is 1. The number of carboxylic acids is 1. The van der Waals surface area contributed by atoms with E-state index in [1.807, 2.05) is 0 Å². The average molecular weight is 278 g/mol. The van der Waals surface area contributed by atoms with Crippen LogP contribution >= 0.6 is 15.9 Å². The molecule has 4 nitrogen and oxygen atoms in total. The predicted molar refractivity (Wildman–Crippen MR) is 54.7 cm³/mol. The highest BCUT2D eigenvalue weighted by atomic mass is 79.9. The second-order valence-electron chi connectivity index (χ2n) is 2.95. The first-order chi connectivity index (χ1) is 6.95. The Morgan fingerprint density at radius 3 is 2.67 bits per heavy atom. The Morgan fingerprint density at radius 2 is 2.13 bits per heavy atom.